The third-order valence-electron chi connectivity index (χ3n) is 4.26. The number of amides is 3. The molecule has 0 aromatic heterocycles. The molecule has 4 N–H and O–H groups in total. The molecule has 2 atom stereocenters. The molecule has 0 bridgehead atoms. The standard InChI is InChI=1S/C19H21N3O2/c1-12-4-2-6-14(8-12)16-10-17(16)18(23)21-11-13-5-3-7-15(9-13)22-19(20)24/h2-9,16-17H,10-11H2,1H3,(H,21,23)(H3,20,22,24)/t16-,17-/m0/s1. The molecule has 0 spiro atoms. The van der Waals surface area contributed by atoms with Gasteiger partial charge in [0.1, 0.15) is 0 Å². The molecule has 1 aliphatic carbocycles. The van der Waals surface area contributed by atoms with Gasteiger partial charge in [-0.2, -0.15) is 0 Å². The van der Waals surface area contributed by atoms with E-state index in [2.05, 4.69) is 35.8 Å². The van der Waals surface area contributed by atoms with E-state index in [-0.39, 0.29) is 11.8 Å². The molecule has 2 aromatic rings. The van der Waals surface area contributed by atoms with Crippen LogP contribution in [0.5, 0.6) is 0 Å². The number of urea groups is 1. The quantitative estimate of drug-likeness (QED) is 0.790. The van der Waals surface area contributed by atoms with Crippen molar-refractivity contribution in [2.75, 3.05) is 5.32 Å². The Morgan fingerprint density at radius 3 is 2.71 bits per heavy atom. The zero-order chi connectivity index (χ0) is 17.1. The van der Waals surface area contributed by atoms with Crippen LogP contribution in [0.2, 0.25) is 0 Å². The van der Waals surface area contributed by atoms with Crippen molar-refractivity contribution in [3.63, 3.8) is 0 Å². The summed E-state index contributed by atoms with van der Waals surface area (Å²) in [6, 6.07) is 15.0. The van der Waals surface area contributed by atoms with Gasteiger partial charge in [-0.15, -0.1) is 0 Å². The van der Waals surface area contributed by atoms with Crippen molar-refractivity contribution in [1.29, 1.82) is 0 Å². The minimum absolute atomic E-state index is 0.0544. The van der Waals surface area contributed by atoms with E-state index in [0.29, 0.717) is 18.2 Å². The second-order valence-electron chi connectivity index (χ2n) is 6.27. The first kappa shape index (κ1) is 16.1. The number of primary amides is 1. The Balaban J connectivity index is 1.54. The Labute approximate surface area is 141 Å². The lowest BCUT2D eigenvalue weighted by atomic mass is 10.1. The highest BCUT2D eigenvalue weighted by Gasteiger charge is 2.43. The Hall–Kier alpha value is -2.82. The van der Waals surface area contributed by atoms with Crippen molar-refractivity contribution in [3.05, 3.63) is 65.2 Å². The molecule has 124 valence electrons. The Morgan fingerprint density at radius 2 is 1.96 bits per heavy atom. The molecule has 2 aromatic carbocycles. The normalized spacial score (nSPS) is 18.7. The Kier molecular flexibility index (Phi) is 4.51. The largest absolute Gasteiger partial charge is 0.352 e. The third kappa shape index (κ3) is 3.93. The van der Waals surface area contributed by atoms with Gasteiger partial charge in [-0.05, 0) is 42.5 Å². The number of rotatable bonds is 5. The summed E-state index contributed by atoms with van der Waals surface area (Å²) in [5.74, 6) is 0.459. The van der Waals surface area contributed by atoms with Crippen LogP contribution in [0, 0.1) is 12.8 Å². The van der Waals surface area contributed by atoms with Crippen molar-refractivity contribution >= 4 is 17.6 Å². The van der Waals surface area contributed by atoms with E-state index in [0.717, 1.165) is 12.0 Å². The van der Waals surface area contributed by atoms with Crippen LogP contribution in [0.25, 0.3) is 0 Å². The second kappa shape index (κ2) is 6.74. The molecular weight excluding hydrogens is 302 g/mol. The number of aryl methyl sites for hydroxylation is 1. The van der Waals surface area contributed by atoms with Gasteiger partial charge in [0.25, 0.3) is 0 Å². The first-order valence-corrected chi connectivity index (χ1v) is 8.02. The fourth-order valence-electron chi connectivity index (χ4n) is 2.98. The number of anilines is 1. The van der Waals surface area contributed by atoms with Gasteiger partial charge in [0.05, 0.1) is 0 Å². The van der Waals surface area contributed by atoms with Gasteiger partial charge in [0.15, 0.2) is 0 Å². The van der Waals surface area contributed by atoms with Crippen molar-refractivity contribution in [3.8, 4) is 0 Å². The maximum absolute atomic E-state index is 12.3. The van der Waals surface area contributed by atoms with E-state index in [4.69, 9.17) is 5.73 Å². The number of carbonyl (C=O) groups excluding carboxylic acids is 2. The fourth-order valence-corrected chi connectivity index (χ4v) is 2.98. The number of nitrogens with one attached hydrogen (secondary N) is 2. The minimum atomic E-state index is -0.602. The third-order valence-corrected chi connectivity index (χ3v) is 4.26. The summed E-state index contributed by atoms with van der Waals surface area (Å²) >= 11 is 0. The fraction of sp³-hybridized carbons (Fsp3) is 0.263. The van der Waals surface area contributed by atoms with Crippen molar-refractivity contribution in [1.82, 2.24) is 5.32 Å². The summed E-state index contributed by atoms with van der Waals surface area (Å²) < 4.78 is 0. The summed E-state index contributed by atoms with van der Waals surface area (Å²) in [6.45, 7) is 2.50. The van der Waals surface area contributed by atoms with Gasteiger partial charge in [-0.3, -0.25) is 4.79 Å². The summed E-state index contributed by atoms with van der Waals surface area (Å²) in [5, 5.41) is 5.50. The summed E-state index contributed by atoms with van der Waals surface area (Å²) in [6.07, 6.45) is 0.901. The molecule has 5 nitrogen and oxygen atoms in total. The smallest absolute Gasteiger partial charge is 0.316 e. The molecule has 0 unspecified atom stereocenters. The van der Waals surface area contributed by atoms with Crippen LogP contribution >= 0.6 is 0 Å². The molecule has 1 aliphatic rings. The van der Waals surface area contributed by atoms with Crippen molar-refractivity contribution < 1.29 is 9.59 Å². The predicted octanol–water partition coefficient (Wildman–Crippen LogP) is 2.91. The molecule has 24 heavy (non-hydrogen) atoms. The minimum Gasteiger partial charge on any atom is -0.352 e. The van der Waals surface area contributed by atoms with Crippen LogP contribution in [0.1, 0.15) is 29.0 Å². The summed E-state index contributed by atoms with van der Waals surface area (Å²) in [7, 11) is 0. The lowest BCUT2D eigenvalue weighted by Gasteiger charge is -2.08. The molecule has 0 heterocycles. The highest BCUT2D eigenvalue weighted by Crippen LogP contribution is 2.47. The monoisotopic (exact) mass is 323 g/mol. The zero-order valence-electron chi connectivity index (χ0n) is 13.6. The van der Waals surface area contributed by atoms with Crippen molar-refractivity contribution in [2.45, 2.75) is 25.8 Å². The van der Waals surface area contributed by atoms with E-state index in [1.165, 1.54) is 11.1 Å². The topological polar surface area (TPSA) is 84.2 Å². The molecule has 1 saturated carbocycles. The number of benzene rings is 2. The van der Waals surface area contributed by atoms with Crippen LogP contribution < -0.4 is 16.4 Å². The van der Waals surface area contributed by atoms with Crippen LogP contribution in [-0.2, 0) is 11.3 Å². The van der Waals surface area contributed by atoms with Crippen LogP contribution in [0.4, 0.5) is 10.5 Å². The molecule has 0 radical (unpaired) electrons. The number of carbonyl (C=O) groups is 2. The SMILES string of the molecule is Cc1cccc([C@@H]2C[C@@H]2C(=O)NCc2cccc(NC(N)=O)c2)c1. The average Bonchev–Trinajstić information content (AvgIpc) is 3.33. The van der Waals surface area contributed by atoms with Gasteiger partial charge in [0, 0.05) is 18.2 Å². The Morgan fingerprint density at radius 1 is 1.17 bits per heavy atom. The summed E-state index contributed by atoms with van der Waals surface area (Å²) in [5.41, 5.74) is 9.11. The maximum atomic E-state index is 12.3. The first-order valence-electron chi connectivity index (χ1n) is 8.02. The summed E-state index contributed by atoms with van der Waals surface area (Å²) in [4.78, 5) is 23.2. The van der Waals surface area contributed by atoms with Crippen molar-refractivity contribution in [2.24, 2.45) is 11.7 Å². The highest BCUT2D eigenvalue weighted by atomic mass is 16.2. The molecule has 1 fully saturated rings. The van der Waals surface area contributed by atoms with E-state index in [9.17, 15) is 9.59 Å². The Bertz CT molecular complexity index is 773. The van der Waals surface area contributed by atoms with Gasteiger partial charge in [-0.1, -0.05) is 42.0 Å². The highest BCUT2D eigenvalue weighted by molar-refractivity contribution is 5.87. The first-order chi connectivity index (χ1) is 11.5. The molecular formula is C19H21N3O2. The molecule has 3 amide bonds. The van der Waals surface area contributed by atoms with Gasteiger partial charge in [0.2, 0.25) is 5.91 Å². The maximum Gasteiger partial charge on any atom is 0.316 e. The van der Waals surface area contributed by atoms with Crippen LogP contribution in [0.3, 0.4) is 0 Å². The average molecular weight is 323 g/mol. The van der Waals surface area contributed by atoms with Gasteiger partial charge >= 0.3 is 6.03 Å². The lowest BCUT2D eigenvalue weighted by molar-refractivity contribution is -0.122. The zero-order valence-corrected chi connectivity index (χ0v) is 13.6. The number of hydrogen-bond acceptors (Lipinski definition) is 2. The second-order valence-corrected chi connectivity index (χ2v) is 6.27. The van der Waals surface area contributed by atoms with Crippen LogP contribution in [-0.4, -0.2) is 11.9 Å². The van der Waals surface area contributed by atoms with E-state index in [1.807, 2.05) is 18.2 Å². The lowest BCUT2D eigenvalue weighted by Crippen LogP contribution is -2.25. The van der Waals surface area contributed by atoms with Crippen LogP contribution in [0.15, 0.2) is 48.5 Å². The molecule has 3 rings (SSSR count). The molecule has 0 aliphatic heterocycles. The number of nitrogens with two attached hydrogens (primary N) is 1. The number of hydrogen-bond donors (Lipinski definition) is 3. The molecule has 5 heteroatoms. The van der Waals surface area contributed by atoms with E-state index >= 15 is 0 Å². The molecule has 0 saturated heterocycles. The predicted molar refractivity (Wildman–Crippen MR) is 93.5 cm³/mol. The van der Waals surface area contributed by atoms with Gasteiger partial charge in [-0.25, -0.2) is 4.79 Å². The van der Waals surface area contributed by atoms with E-state index in [1.54, 1.807) is 12.1 Å². The van der Waals surface area contributed by atoms with E-state index < -0.39 is 6.03 Å². The van der Waals surface area contributed by atoms with Gasteiger partial charge < -0.3 is 16.4 Å².